The number of hydrogen-bond donors (Lipinski definition) is 1. The fraction of sp³-hybridized carbons (Fsp3) is 0.571. The first-order valence-electron chi connectivity index (χ1n) is 6.58. The first kappa shape index (κ1) is 13.2. The molecule has 0 spiro atoms. The fourth-order valence-electron chi connectivity index (χ4n) is 2.35. The van der Waals surface area contributed by atoms with Crippen molar-refractivity contribution >= 4 is 5.69 Å². The average molecular weight is 250 g/mol. The highest BCUT2D eigenvalue weighted by Crippen LogP contribution is 2.31. The number of fused-ring (bicyclic) bond motifs is 1. The van der Waals surface area contributed by atoms with Gasteiger partial charge in [-0.15, -0.1) is 0 Å². The number of rotatable bonds is 5. The Kier molecular flexibility index (Phi) is 4.44. The summed E-state index contributed by atoms with van der Waals surface area (Å²) < 4.78 is 10.9. The van der Waals surface area contributed by atoms with Crippen molar-refractivity contribution in [2.24, 2.45) is 0 Å². The highest BCUT2D eigenvalue weighted by Gasteiger charge is 2.17. The number of benzene rings is 1. The summed E-state index contributed by atoms with van der Waals surface area (Å²) in [5.74, 6) is 0.963. The van der Waals surface area contributed by atoms with Crippen LogP contribution in [0, 0.1) is 0 Å². The Labute approximate surface area is 109 Å². The summed E-state index contributed by atoms with van der Waals surface area (Å²) in [4.78, 5) is 2.40. The second kappa shape index (κ2) is 6.07. The van der Waals surface area contributed by atoms with Crippen LogP contribution in [-0.4, -0.2) is 24.8 Å². The highest BCUT2D eigenvalue weighted by molar-refractivity contribution is 5.53. The van der Waals surface area contributed by atoms with Gasteiger partial charge in [0.1, 0.15) is 5.75 Å². The minimum Gasteiger partial charge on any atom is -0.467 e. The van der Waals surface area contributed by atoms with Crippen LogP contribution in [0.2, 0.25) is 0 Å². The largest absolute Gasteiger partial charge is 0.467 e. The van der Waals surface area contributed by atoms with Gasteiger partial charge in [0.05, 0.1) is 6.61 Å². The van der Waals surface area contributed by atoms with E-state index < -0.39 is 0 Å². The van der Waals surface area contributed by atoms with Crippen molar-refractivity contribution in [2.75, 3.05) is 25.6 Å². The van der Waals surface area contributed by atoms with Gasteiger partial charge < -0.3 is 15.2 Å². The molecule has 0 fully saturated rings. The average Bonchev–Trinajstić information content (AvgIpc) is 2.38. The van der Waals surface area contributed by atoms with E-state index in [1.54, 1.807) is 0 Å². The Bertz CT molecular complexity index is 407. The lowest BCUT2D eigenvalue weighted by molar-refractivity contribution is -0.0174. The first-order valence-corrected chi connectivity index (χ1v) is 6.58. The highest BCUT2D eigenvalue weighted by atomic mass is 16.7. The smallest absolute Gasteiger partial charge is 0.189 e. The van der Waals surface area contributed by atoms with E-state index in [0.717, 1.165) is 43.1 Å². The molecule has 0 aromatic heterocycles. The zero-order valence-corrected chi connectivity index (χ0v) is 11.2. The Morgan fingerprint density at radius 1 is 1.33 bits per heavy atom. The maximum Gasteiger partial charge on any atom is 0.189 e. The Hall–Kier alpha value is -1.26. The van der Waals surface area contributed by atoms with E-state index in [1.165, 1.54) is 5.56 Å². The lowest BCUT2D eigenvalue weighted by atomic mass is 10.1. The Balaban J connectivity index is 2.23. The van der Waals surface area contributed by atoms with Gasteiger partial charge >= 0.3 is 0 Å². The quantitative estimate of drug-likeness (QED) is 0.815. The summed E-state index contributed by atoms with van der Waals surface area (Å²) in [5, 5.41) is 0. The Morgan fingerprint density at radius 2 is 2.17 bits per heavy atom. The van der Waals surface area contributed by atoms with Crippen molar-refractivity contribution in [2.45, 2.75) is 33.4 Å². The molecule has 1 aliphatic rings. The van der Waals surface area contributed by atoms with E-state index in [9.17, 15) is 0 Å². The van der Waals surface area contributed by atoms with E-state index in [-0.39, 0.29) is 0 Å². The van der Waals surface area contributed by atoms with E-state index in [2.05, 4.69) is 18.7 Å². The first-order chi connectivity index (χ1) is 8.74. The molecule has 1 aliphatic heterocycles. The van der Waals surface area contributed by atoms with Crippen LogP contribution < -0.4 is 10.5 Å². The number of nitrogens with two attached hydrogens (primary N) is 1. The molecule has 0 atom stereocenters. The molecule has 1 aromatic carbocycles. The lowest BCUT2D eigenvalue weighted by Crippen LogP contribution is -2.25. The second-order valence-electron chi connectivity index (χ2n) is 4.65. The number of nitrogens with zero attached hydrogens (tertiary/aromatic N) is 1. The maximum atomic E-state index is 5.94. The van der Waals surface area contributed by atoms with E-state index in [0.29, 0.717) is 13.4 Å². The monoisotopic (exact) mass is 250 g/mol. The minimum absolute atomic E-state index is 0.337. The van der Waals surface area contributed by atoms with Crippen LogP contribution >= 0.6 is 0 Å². The molecular formula is C14H22N2O2. The molecule has 0 amide bonds. The molecule has 0 saturated heterocycles. The van der Waals surface area contributed by atoms with Crippen LogP contribution in [0.3, 0.4) is 0 Å². The topological polar surface area (TPSA) is 47.7 Å². The molecule has 2 N–H and O–H groups in total. The summed E-state index contributed by atoms with van der Waals surface area (Å²) in [6.45, 7) is 8.32. The molecule has 0 unspecified atom stereocenters. The van der Waals surface area contributed by atoms with Crippen LogP contribution in [0.4, 0.5) is 5.69 Å². The van der Waals surface area contributed by atoms with E-state index in [1.807, 2.05) is 12.1 Å². The van der Waals surface area contributed by atoms with Gasteiger partial charge in [-0.25, -0.2) is 0 Å². The Morgan fingerprint density at radius 3 is 2.89 bits per heavy atom. The summed E-state index contributed by atoms with van der Waals surface area (Å²) in [6.07, 6.45) is 1.16. The molecule has 0 aliphatic carbocycles. The molecule has 18 heavy (non-hydrogen) atoms. The normalized spacial score (nSPS) is 14.4. The van der Waals surface area contributed by atoms with Gasteiger partial charge in [0.2, 0.25) is 0 Å². The third kappa shape index (κ3) is 2.94. The van der Waals surface area contributed by atoms with E-state index >= 15 is 0 Å². The molecule has 0 radical (unpaired) electrons. The molecule has 0 bridgehead atoms. The summed E-state index contributed by atoms with van der Waals surface area (Å²) in [7, 11) is 0. The molecule has 1 heterocycles. The SMILES string of the molecule is CCCN(CC)Cc1cc(N)cc2c1OCOC2. The molecule has 100 valence electrons. The van der Waals surface area contributed by atoms with Crippen molar-refractivity contribution in [1.82, 2.24) is 4.90 Å². The zero-order valence-electron chi connectivity index (χ0n) is 11.2. The van der Waals surface area contributed by atoms with Crippen molar-refractivity contribution in [1.29, 1.82) is 0 Å². The molecular weight excluding hydrogens is 228 g/mol. The van der Waals surface area contributed by atoms with Gasteiger partial charge in [0, 0.05) is 23.4 Å². The van der Waals surface area contributed by atoms with E-state index in [4.69, 9.17) is 15.2 Å². The second-order valence-corrected chi connectivity index (χ2v) is 4.65. The van der Waals surface area contributed by atoms with Gasteiger partial charge in [-0.05, 0) is 31.6 Å². The summed E-state index contributed by atoms with van der Waals surface area (Å²) in [5.41, 5.74) is 8.96. The summed E-state index contributed by atoms with van der Waals surface area (Å²) >= 11 is 0. The molecule has 0 saturated carbocycles. The third-order valence-corrected chi connectivity index (χ3v) is 3.19. The number of nitrogen functional groups attached to an aromatic ring is 1. The van der Waals surface area contributed by atoms with Crippen LogP contribution in [0.25, 0.3) is 0 Å². The molecule has 1 aromatic rings. The van der Waals surface area contributed by atoms with Gasteiger partial charge in [0.25, 0.3) is 0 Å². The van der Waals surface area contributed by atoms with Crippen LogP contribution in [0.5, 0.6) is 5.75 Å². The minimum atomic E-state index is 0.337. The van der Waals surface area contributed by atoms with Gasteiger partial charge in [-0.1, -0.05) is 13.8 Å². The molecule has 2 rings (SSSR count). The van der Waals surface area contributed by atoms with Crippen LogP contribution in [0.15, 0.2) is 12.1 Å². The van der Waals surface area contributed by atoms with Gasteiger partial charge in [-0.2, -0.15) is 0 Å². The third-order valence-electron chi connectivity index (χ3n) is 3.19. The van der Waals surface area contributed by atoms with Gasteiger partial charge in [-0.3, -0.25) is 4.90 Å². The predicted molar refractivity (Wildman–Crippen MR) is 72.4 cm³/mol. The van der Waals surface area contributed by atoms with Crippen LogP contribution in [-0.2, 0) is 17.9 Å². The maximum absolute atomic E-state index is 5.94. The van der Waals surface area contributed by atoms with Crippen molar-refractivity contribution < 1.29 is 9.47 Å². The fourth-order valence-corrected chi connectivity index (χ4v) is 2.35. The van der Waals surface area contributed by atoms with Crippen LogP contribution in [0.1, 0.15) is 31.4 Å². The predicted octanol–water partition coefficient (Wildman–Crippen LogP) is 2.37. The van der Waals surface area contributed by atoms with Crippen molar-refractivity contribution in [3.63, 3.8) is 0 Å². The lowest BCUT2D eigenvalue weighted by Gasteiger charge is -2.25. The number of anilines is 1. The molecule has 4 nitrogen and oxygen atoms in total. The van der Waals surface area contributed by atoms with Crippen molar-refractivity contribution in [3.05, 3.63) is 23.3 Å². The standard InChI is InChI=1S/C14H22N2O2/c1-3-5-16(4-2)8-11-6-13(15)7-12-9-17-10-18-14(11)12/h6-7H,3-5,8-10,15H2,1-2H3. The molecule has 4 heteroatoms. The van der Waals surface area contributed by atoms with Gasteiger partial charge in [0.15, 0.2) is 6.79 Å². The number of hydrogen-bond acceptors (Lipinski definition) is 4. The summed E-state index contributed by atoms with van der Waals surface area (Å²) in [6, 6.07) is 3.95. The van der Waals surface area contributed by atoms with Crippen molar-refractivity contribution in [3.8, 4) is 5.75 Å². The zero-order chi connectivity index (χ0) is 13.0. The number of ether oxygens (including phenoxy) is 2.